The summed E-state index contributed by atoms with van der Waals surface area (Å²) in [6, 6.07) is 8.29. The lowest BCUT2D eigenvalue weighted by Crippen LogP contribution is -2.38. The minimum Gasteiger partial charge on any atom is -0.480 e. The van der Waals surface area contributed by atoms with E-state index in [0.717, 1.165) is 0 Å². The maximum Gasteiger partial charge on any atom is 0.317 e. The lowest BCUT2D eigenvalue weighted by molar-refractivity contribution is -0.138. The number of fused-ring (bicyclic) bond motifs is 1. The Hall–Kier alpha value is -2.71. The number of carbonyl (C=O) groups is 2. The van der Waals surface area contributed by atoms with Crippen LogP contribution in [0, 0.1) is 0 Å². The first-order valence-electron chi connectivity index (χ1n) is 7.97. The van der Waals surface area contributed by atoms with Gasteiger partial charge in [-0.15, -0.1) is 0 Å². The van der Waals surface area contributed by atoms with Gasteiger partial charge in [-0.1, -0.05) is 18.2 Å². The first kappa shape index (κ1) is 17.1. The summed E-state index contributed by atoms with van der Waals surface area (Å²) in [6.45, 7) is 0.718. The number of amides is 1. The molecular formula is C17H19N3O5. The third-order valence-electron chi connectivity index (χ3n) is 4.21. The molecule has 0 bridgehead atoms. The molecule has 0 radical (unpaired) electrons. The fourth-order valence-corrected chi connectivity index (χ4v) is 3.13. The van der Waals surface area contributed by atoms with Gasteiger partial charge >= 0.3 is 5.97 Å². The first-order valence-corrected chi connectivity index (χ1v) is 7.97. The summed E-state index contributed by atoms with van der Waals surface area (Å²) < 4.78 is 0. The summed E-state index contributed by atoms with van der Waals surface area (Å²) >= 11 is 0. The summed E-state index contributed by atoms with van der Waals surface area (Å²) in [5, 5.41) is 19.6. The number of β-amino-alcohol motifs (C(OH)–C–C–N with tert-alkyl or cyclic N) is 1. The van der Waals surface area contributed by atoms with Gasteiger partial charge in [0, 0.05) is 43.1 Å². The molecule has 1 aliphatic heterocycles. The largest absolute Gasteiger partial charge is 0.480 e. The summed E-state index contributed by atoms with van der Waals surface area (Å²) in [6.07, 6.45) is -0.848. The Kier molecular flexibility index (Phi) is 4.82. The average molecular weight is 345 g/mol. The van der Waals surface area contributed by atoms with E-state index in [4.69, 9.17) is 5.11 Å². The molecule has 1 aromatic carbocycles. The van der Waals surface area contributed by atoms with Crippen molar-refractivity contribution < 1.29 is 19.8 Å². The average Bonchev–Trinajstić information content (AvgIpc) is 2.74. The molecule has 1 amide bonds. The van der Waals surface area contributed by atoms with Crippen molar-refractivity contribution in [2.75, 3.05) is 32.7 Å². The zero-order chi connectivity index (χ0) is 18.0. The van der Waals surface area contributed by atoms with Gasteiger partial charge in [0.1, 0.15) is 0 Å². The van der Waals surface area contributed by atoms with Crippen LogP contribution >= 0.6 is 0 Å². The molecule has 0 spiro atoms. The Morgan fingerprint density at radius 3 is 2.72 bits per heavy atom. The van der Waals surface area contributed by atoms with Crippen LogP contribution in [0.5, 0.6) is 0 Å². The number of aromatic nitrogens is 1. The molecule has 1 aromatic heterocycles. The highest BCUT2D eigenvalue weighted by molar-refractivity contribution is 6.05. The van der Waals surface area contributed by atoms with Crippen molar-refractivity contribution in [3.8, 4) is 0 Å². The van der Waals surface area contributed by atoms with Crippen molar-refractivity contribution in [1.29, 1.82) is 0 Å². The molecule has 132 valence electrons. The lowest BCUT2D eigenvalue weighted by atomic mass is 10.1. The molecule has 8 heteroatoms. The molecule has 1 aliphatic rings. The van der Waals surface area contributed by atoms with Crippen molar-refractivity contribution in [3.63, 3.8) is 0 Å². The van der Waals surface area contributed by atoms with Crippen LogP contribution in [-0.2, 0) is 4.79 Å². The van der Waals surface area contributed by atoms with E-state index in [1.54, 1.807) is 29.2 Å². The van der Waals surface area contributed by atoms with Crippen LogP contribution in [0.4, 0.5) is 0 Å². The predicted octanol–water partition coefficient (Wildman–Crippen LogP) is -0.269. The van der Waals surface area contributed by atoms with Gasteiger partial charge in [-0.05, 0) is 6.07 Å². The number of aliphatic hydroxyl groups excluding tert-OH is 1. The van der Waals surface area contributed by atoms with E-state index >= 15 is 0 Å². The van der Waals surface area contributed by atoms with Crippen molar-refractivity contribution in [2.24, 2.45) is 0 Å². The van der Waals surface area contributed by atoms with Crippen molar-refractivity contribution in [1.82, 2.24) is 14.8 Å². The van der Waals surface area contributed by atoms with E-state index in [9.17, 15) is 19.5 Å². The summed E-state index contributed by atoms with van der Waals surface area (Å²) in [4.78, 5) is 41.4. The Balaban J connectivity index is 1.88. The second-order valence-corrected chi connectivity index (χ2v) is 6.13. The molecule has 2 aromatic rings. The monoisotopic (exact) mass is 345 g/mol. The van der Waals surface area contributed by atoms with E-state index in [-0.39, 0.29) is 43.2 Å². The van der Waals surface area contributed by atoms with Gasteiger partial charge < -0.3 is 20.1 Å². The Bertz CT molecular complexity index is 863. The zero-order valence-electron chi connectivity index (χ0n) is 13.5. The van der Waals surface area contributed by atoms with Gasteiger partial charge in [0.05, 0.1) is 18.2 Å². The number of carboxylic acid groups (broad SMARTS) is 1. The Morgan fingerprint density at radius 2 is 1.96 bits per heavy atom. The van der Waals surface area contributed by atoms with Gasteiger partial charge in [-0.2, -0.15) is 0 Å². The van der Waals surface area contributed by atoms with Gasteiger partial charge in [0.2, 0.25) is 5.56 Å². The van der Waals surface area contributed by atoms with Crippen LogP contribution < -0.4 is 5.56 Å². The Labute approximate surface area is 143 Å². The second kappa shape index (κ2) is 7.04. The van der Waals surface area contributed by atoms with E-state index in [0.29, 0.717) is 17.4 Å². The molecular weight excluding hydrogens is 326 g/mol. The normalized spacial score (nSPS) is 18.9. The van der Waals surface area contributed by atoms with Crippen LogP contribution in [0.15, 0.2) is 35.1 Å². The van der Waals surface area contributed by atoms with Crippen LogP contribution in [0.2, 0.25) is 0 Å². The van der Waals surface area contributed by atoms with Gasteiger partial charge in [-0.3, -0.25) is 19.3 Å². The summed E-state index contributed by atoms with van der Waals surface area (Å²) in [7, 11) is 0. The first-order chi connectivity index (χ1) is 11.9. The van der Waals surface area contributed by atoms with Crippen LogP contribution in [-0.4, -0.2) is 75.7 Å². The number of hydrogen-bond donors (Lipinski definition) is 3. The molecule has 3 N–H and O–H groups in total. The number of rotatable bonds is 3. The molecule has 1 unspecified atom stereocenters. The van der Waals surface area contributed by atoms with Crippen molar-refractivity contribution in [2.45, 2.75) is 6.10 Å². The molecule has 25 heavy (non-hydrogen) atoms. The van der Waals surface area contributed by atoms with E-state index in [1.165, 1.54) is 11.0 Å². The van der Waals surface area contributed by atoms with E-state index in [1.807, 2.05) is 0 Å². The zero-order valence-corrected chi connectivity index (χ0v) is 13.5. The van der Waals surface area contributed by atoms with Crippen LogP contribution in [0.25, 0.3) is 10.9 Å². The summed E-state index contributed by atoms with van der Waals surface area (Å²) in [5.41, 5.74) is 0.476. The molecule has 0 aliphatic carbocycles. The SMILES string of the molecule is O=C(O)CN1CCN(C(=O)c2cc(=O)[nH]c3ccccc23)CC(O)C1. The lowest BCUT2D eigenvalue weighted by Gasteiger charge is -2.22. The number of carbonyl (C=O) groups excluding carboxylic acids is 1. The van der Waals surface area contributed by atoms with Gasteiger partial charge in [0.15, 0.2) is 0 Å². The minimum absolute atomic E-state index is 0.0933. The molecule has 8 nitrogen and oxygen atoms in total. The van der Waals surface area contributed by atoms with Gasteiger partial charge in [-0.25, -0.2) is 0 Å². The molecule has 2 heterocycles. The number of H-pyrrole nitrogens is 1. The number of carboxylic acids is 1. The maximum absolute atomic E-state index is 12.9. The van der Waals surface area contributed by atoms with Gasteiger partial charge in [0.25, 0.3) is 5.91 Å². The highest BCUT2D eigenvalue weighted by atomic mass is 16.4. The van der Waals surface area contributed by atoms with Crippen LogP contribution in [0.3, 0.4) is 0 Å². The van der Waals surface area contributed by atoms with Crippen molar-refractivity contribution in [3.05, 3.63) is 46.2 Å². The number of nitrogens with zero attached hydrogens (tertiary/aromatic N) is 2. The quantitative estimate of drug-likeness (QED) is 0.706. The van der Waals surface area contributed by atoms with Crippen LogP contribution in [0.1, 0.15) is 10.4 Å². The number of hydrogen-bond acceptors (Lipinski definition) is 5. The molecule has 0 saturated carbocycles. The molecule has 1 atom stereocenters. The minimum atomic E-state index is -0.979. The smallest absolute Gasteiger partial charge is 0.317 e. The standard InChI is InChI=1S/C17H19N3O5/c21-11-8-19(10-16(23)24)5-6-20(9-11)17(25)13-7-15(22)18-14-4-2-1-3-12(13)14/h1-4,7,11,21H,5-6,8-10H2,(H,18,22)(H,23,24). The molecule has 1 fully saturated rings. The fourth-order valence-electron chi connectivity index (χ4n) is 3.13. The van der Waals surface area contributed by atoms with E-state index in [2.05, 4.69) is 4.98 Å². The molecule has 1 saturated heterocycles. The number of nitrogens with one attached hydrogen (secondary N) is 1. The Morgan fingerprint density at radius 1 is 1.20 bits per heavy atom. The highest BCUT2D eigenvalue weighted by Crippen LogP contribution is 2.17. The third-order valence-corrected chi connectivity index (χ3v) is 4.21. The number of aliphatic hydroxyl groups is 1. The molecule has 3 rings (SSSR count). The number of para-hydroxylation sites is 1. The maximum atomic E-state index is 12.9. The third kappa shape index (κ3) is 3.86. The number of pyridine rings is 1. The number of aromatic amines is 1. The van der Waals surface area contributed by atoms with Crippen molar-refractivity contribution >= 4 is 22.8 Å². The topological polar surface area (TPSA) is 114 Å². The fraction of sp³-hybridized carbons (Fsp3) is 0.353. The highest BCUT2D eigenvalue weighted by Gasteiger charge is 2.27. The summed E-state index contributed by atoms with van der Waals surface area (Å²) in [5.74, 6) is -1.33. The predicted molar refractivity (Wildman–Crippen MR) is 90.6 cm³/mol. The van der Waals surface area contributed by atoms with E-state index < -0.39 is 12.1 Å². The number of aliphatic carboxylic acids is 1. The number of benzene rings is 1. The second-order valence-electron chi connectivity index (χ2n) is 6.13.